The number of carbonyl (C=O) groups is 3. The minimum atomic E-state index is -0.755. The molecule has 0 saturated carbocycles. The number of ether oxygens (including phenoxy) is 2. The average molecular weight is 560 g/mol. The van der Waals surface area contributed by atoms with Gasteiger partial charge in [-0.25, -0.2) is 19.6 Å². The number of hydrogen-bond acceptors (Lipinski definition) is 10. The van der Waals surface area contributed by atoms with Crippen molar-refractivity contribution in [3.05, 3.63) is 87.4 Å². The summed E-state index contributed by atoms with van der Waals surface area (Å²) >= 11 is 0. The maximum Gasteiger partial charge on any atom is 0.357 e. The Morgan fingerprint density at radius 2 is 1.78 bits per heavy atom. The number of hydrogen-bond donors (Lipinski definition) is 1. The predicted molar refractivity (Wildman–Crippen MR) is 150 cm³/mol. The van der Waals surface area contributed by atoms with E-state index in [0.717, 1.165) is 6.42 Å². The van der Waals surface area contributed by atoms with Gasteiger partial charge in [-0.2, -0.15) is 0 Å². The Morgan fingerprint density at radius 3 is 2.44 bits per heavy atom. The Bertz CT molecular complexity index is 1620. The molecule has 0 unspecified atom stereocenters. The van der Waals surface area contributed by atoms with Crippen molar-refractivity contribution in [1.82, 2.24) is 14.4 Å². The standard InChI is InChI=1S/C29H29N5O7/c1-4-6-15-23(35)22-16-19(17-30-25-20(27(36)40-3)13-10-14-21(25)34(38)39)31-29-32-24(18-11-8-7-9-12-18)26(33(22)29)28(37)41-5-2/h7-14,16,30H,4-6,15,17H2,1-3H3. The van der Waals surface area contributed by atoms with E-state index < -0.39 is 16.9 Å². The van der Waals surface area contributed by atoms with Gasteiger partial charge in [0.2, 0.25) is 5.78 Å². The molecule has 2 aromatic carbocycles. The van der Waals surface area contributed by atoms with E-state index in [4.69, 9.17) is 9.47 Å². The number of nitro groups is 1. The molecular weight excluding hydrogens is 530 g/mol. The number of nitro benzene ring substituents is 1. The fraction of sp³-hybridized carbons (Fsp3) is 0.276. The van der Waals surface area contributed by atoms with E-state index in [1.165, 1.54) is 35.8 Å². The second kappa shape index (κ2) is 12.8. The largest absolute Gasteiger partial charge is 0.465 e. The Balaban J connectivity index is 1.88. The third-order valence-electron chi connectivity index (χ3n) is 6.30. The molecule has 0 saturated heterocycles. The highest BCUT2D eigenvalue weighted by Gasteiger charge is 2.27. The number of esters is 2. The second-order valence-corrected chi connectivity index (χ2v) is 8.99. The lowest BCUT2D eigenvalue weighted by Crippen LogP contribution is -2.17. The van der Waals surface area contributed by atoms with Crippen LogP contribution < -0.4 is 5.32 Å². The van der Waals surface area contributed by atoms with Crippen LogP contribution in [0.1, 0.15) is 70.1 Å². The van der Waals surface area contributed by atoms with Crippen LogP contribution in [-0.2, 0) is 16.0 Å². The zero-order valence-corrected chi connectivity index (χ0v) is 22.9. The number of para-hydroxylation sites is 1. The van der Waals surface area contributed by atoms with Crippen molar-refractivity contribution in [3.8, 4) is 11.3 Å². The Kier molecular flexibility index (Phi) is 9.02. The van der Waals surface area contributed by atoms with Gasteiger partial charge >= 0.3 is 11.9 Å². The first-order valence-corrected chi connectivity index (χ1v) is 13.1. The van der Waals surface area contributed by atoms with Crippen molar-refractivity contribution < 1.29 is 28.8 Å². The molecule has 212 valence electrons. The molecule has 0 fully saturated rings. The summed E-state index contributed by atoms with van der Waals surface area (Å²) in [7, 11) is 1.18. The second-order valence-electron chi connectivity index (χ2n) is 8.99. The molecule has 12 nitrogen and oxygen atoms in total. The molecule has 0 spiro atoms. The highest BCUT2D eigenvalue weighted by molar-refractivity contribution is 6.00. The number of aromatic nitrogens is 3. The summed E-state index contributed by atoms with van der Waals surface area (Å²) in [5.41, 5.74) is 1.09. The SMILES string of the molecule is CCCCC(=O)c1cc(CNc2c(C(=O)OC)cccc2[N+](=O)[O-])nc2nc(-c3ccccc3)c(C(=O)OCC)n12. The van der Waals surface area contributed by atoms with Crippen LogP contribution in [0.4, 0.5) is 11.4 Å². The van der Waals surface area contributed by atoms with Crippen molar-refractivity contribution >= 4 is 34.9 Å². The lowest BCUT2D eigenvalue weighted by atomic mass is 10.1. The van der Waals surface area contributed by atoms with E-state index in [1.54, 1.807) is 31.2 Å². The molecule has 0 radical (unpaired) electrons. The number of carbonyl (C=O) groups excluding carboxylic acids is 3. The van der Waals surface area contributed by atoms with Gasteiger partial charge in [-0.1, -0.05) is 49.7 Å². The van der Waals surface area contributed by atoms with E-state index in [9.17, 15) is 24.5 Å². The molecule has 0 aliphatic rings. The van der Waals surface area contributed by atoms with Gasteiger partial charge in [-0.05, 0) is 25.5 Å². The van der Waals surface area contributed by atoms with Crippen molar-refractivity contribution in [2.45, 2.75) is 39.7 Å². The third kappa shape index (κ3) is 6.06. The summed E-state index contributed by atoms with van der Waals surface area (Å²) in [6.45, 7) is 3.67. The van der Waals surface area contributed by atoms with E-state index >= 15 is 0 Å². The van der Waals surface area contributed by atoms with Crippen molar-refractivity contribution in [2.24, 2.45) is 0 Å². The summed E-state index contributed by atoms with van der Waals surface area (Å²) in [6.07, 6.45) is 1.64. The quantitative estimate of drug-likeness (QED) is 0.105. The van der Waals surface area contributed by atoms with Crippen LogP contribution in [0.2, 0.25) is 0 Å². The minimum Gasteiger partial charge on any atom is -0.465 e. The summed E-state index contributed by atoms with van der Waals surface area (Å²) in [4.78, 5) is 59.2. The first-order valence-electron chi connectivity index (χ1n) is 13.1. The van der Waals surface area contributed by atoms with Crippen LogP contribution >= 0.6 is 0 Å². The fourth-order valence-electron chi connectivity index (χ4n) is 4.38. The van der Waals surface area contributed by atoms with Crippen LogP contribution in [0, 0.1) is 10.1 Å². The molecule has 2 aromatic heterocycles. The van der Waals surface area contributed by atoms with E-state index in [1.807, 2.05) is 13.0 Å². The Morgan fingerprint density at radius 1 is 1.02 bits per heavy atom. The zero-order chi connectivity index (χ0) is 29.5. The van der Waals surface area contributed by atoms with Crippen LogP contribution in [-0.4, -0.2) is 50.7 Å². The molecule has 41 heavy (non-hydrogen) atoms. The molecule has 0 amide bonds. The Hall–Kier alpha value is -5.13. The van der Waals surface area contributed by atoms with Gasteiger partial charge in [0.05, 0.1) is 42.1 Å². The van der Waals surface area contributed by atoms with Crippen LogP contribution in [0.3, 0.4) is 0 Å². The van der Waals surface area contributed by atoms with Crippen LogP contribution in [0.25, 0.3) is 17.0 Å². The smallest absolute Gasteiger partial charge is 0.357 e. The maximum atomic E-state index is 13.4. The third-order valence-corrected chi connectivity index (χ3v) is 6.30. The molecule has 1 N–H and O–H groups in total. The fourth-order valence-corrected chi connectivity index (χ4v) is 4.38. The number of unbranched alkanes of at least 4 members (excludes halogenated alkanes) is 1. The van der Waals surface area contributed by atoms with Gasteiger partial charge in [0.1, 0.15) is 11.4 Å². The van der Waals surface area contributed by atoms with Crippen molar-refractivity contribution in [1.29, 1.82) is 0 Å². The van der Waals surface area contributed by atoms with Crippen molar-refractivity contribution in [2.75, 3.05) is 19.0 Å². The summed E-state index contributed by atoms with van der Waals surface area (Å²) < 4.78 is 11.5. The molecule has 4 rings (SSSR count). The molecular formula is C29H29N5O7. The van der Waals surface area contributed by atoms with Gasteiger partial charge in [-0.3, -0.25) is 19.3 Å². The van der Waals surface area contributed by atoms with Gasteiger partial charge in [-0.15, -0.1) is 0 Å². The maximum absolute atomic E-state index is 13.4. The lowest BCUT2D eigenvalue weighted by molar-refractivity contribution is -0.384. The van der Waals surface area contributed by atoms with Crippen LogP contribution in [0.5, 0.6) is 0 Å². The summed E-state index contributed by atoms with van der Waals surface area (Å²) in [5, 5.41) is 14.6. The van der Waals surface area contributed by atoms with Gasteiger partial charge in [0.25, 0.3) is 5.69 Å². The number of benzene rings is 2. The molecule has 0 bridgehead atoms. The average Bonchev–Trinajstić information content (AvgIpc) is 3.38. The highest BCUT2D eigenvalue weighted by atomic mass is 16.6. The number of ketones is 1. The molecule has 0 aliphatic heterocycles. The minimum absolute atomic E-state index is 0.0289. The molecule has 2 heterocycles. The zero-order valence-electron chi connectivity index (χ0n) is 22.9. The normalized spacial score (nSPS) is 10.8. The number of nitrogens with one attached hydrogen (secondary N) is 1. The van der Waals surface area contributed by atoms with Gasteiger partial charge in [0.15, 0.2) is 11.5 Å². The van der Waals surface area contributed by atoms with Gasteiger partial charge < -0.3 is 14.8 Å². The number of methoxy groups -OCH3 is 1. The highest BCUT2D eigenvalue weighted by Crippen LogP contribution is 2.30. The van der Waals surface area contributed by atoms with E-state index in [-0.39, 0.29) is 59.5 Å². The topological polar surface area (TPSA) is 155 Å². The van der Waals surface area contributed by atoms with E-state index in [2.05, 4.69) is 15.3 Å². The first-order chi connectivity index (χ1) is 19.8. The molecule has 0 atom stereocenters. The molecule has 4 aromatic rings. The monoisotopic (exact) mass is 559 g/mol. The lowest BCUT2D eigenvalue weighted by Gasteiger charge is -2.13. The molecule has 0 aliphatic carbocycles. The van der Waals surface area contributed by atoms with E-state index in [0.29, 0.717) is 23.4 Å². The van der Waals surface area contributed by atoms with Gasteiger partial charge in [0, 0.05) is 18.1 Å². The number of imidazole rings is 1. The number of rotatable bonds is 12. The number of nitrogens with zero attached hydrogens (tertiary/aromatic N) is 4. The number of fused-ring (bicyclic) bond motifs is 1. The Labute approximate surface area is 235 Å². The summed E-state index contributed by atoms with van der Waals surface area (Å²) in [5.74, 6) is -1.56. The number of anilines is 1. The molecule has 12 heteroatoms. The summed E-state index contributed by atoms with van der Waals surface area (Å²) in [6, 6.07) is 14.6. The predicted octanol–water partition coefficient (Wildman–Crippen LogP) is 5.25. The van der Waals surface area contributed by atoms with Crippen molar-refractivity contribution in [3.63, 3.8) is 0 Å². The first kappa shape index (κ1) is 28.9. The van der Waals surface area contributed by atoms with Crippen LogP contribution in [0.15, 0.2) is 54.6 Å². The number of Topliss-reactive ketones (excluding diaryl/α,β-unsaturated/α-hetero) is 1.